The van der Waals surface area contributed by atoms with Crippen LogP contribution in [0.2, 0.25) is 0 Å². The van der Waals surface area contributed by atoms with Crippen molar-refractivity contribution in [3.05, 3.63) is 74.6 Å². The zero-order valence-corrected chi connectivity index (χ0v) is 25.7. The van der Waals surface area contributed by atoms with Crippen molar-refractivity contribution in [2.24, 2.45) is 11.8 Å². The number of thiophene rings is 1. The lowest BCUT2D eigenvalue weighted by Crippen LogP contribution is -2.25. The summed E-state index contributed by atoms with van der Waals surface area (Å²) in [7, 11) is 0. The Labute approximate surface area is 253 Å². The summed E-state index contributed by atoms with van der Waals surface area (Å²) in [6.45, 7) is 2.58. The normalized spacial score (nSPS) is 20.1. The van der Waals surface area contributed by atoms with Crippen molar-refractivity contribution >= 4 is 49.9 Å². The number of amides is 1. The molecule has 2 heterocycles. The van der Waals surface area contributed by atoms with E-state index in [9.17, 15) is 24.9 Å². The predicted molar refractivity (Wildman–Crippen MR) is 167 cm³/mol. The van der Waals surface area contributed by atoms with E-state index in [4.69, 9.17) is 0 Å². The lowest BCUT2D eigenvalue weighted by molar-refractivity contribution is -0.121. The highest BCUT2D eigenvalue weighted by Gasteiger charge is 2.39. The molecule has 0 radical (unpaired) electrons. The van der Waals surface area contributed by atoms with Crippen molar-refractivity contribution in [2.45, 2.75) is 70.5 Å². The number of aryl methyl sites for hydroxylation is 2. The van der Waals surface area contributed by atoms with Gasteiger partial charge >= 0.3 is 0 Å². The Balaban J connectivity index is 1.14. The van der Waals surface area contributed by atoms with Gasteiger partial charge in [0.05, 0.1) is 16.0 Å². The topological polar surface area (TPSA) is 123 Å². The zero-order chi connectivity index (χ0) is 29.4. The number of unbranched alkanes of at least 4 members (excludes halogenated alkanes) is 1. The average molecular weight is 644 g/mol. The summed E-state index contributed by atoms with van der Waals surface area (Å²) >= 11 is 5.21. The summed E-state index contributed by atoms with van der Waals surface area (Å²) in [5.41, 5.74) is 3.20. The van der Waals surface area contributed by atoms with E-state index >= 15 is 0 Å². The number of nitrogens with one attached hydrogen (secondary N) is 2. The molecule has 1 amide bonds. The number of ketones is 1. The zero-order valence-electron chi connectivity index (χ0n) is 23.3. The van der Waals surface area contributed by atoms with Gasteiger partial charge in [-0.05, 0) is 96.8 Å². The minimum Gasteiger partial charge on any atom is -0.508 e. The summed E-state index contributed by atoms with van der Waals surface area (Å²) in [6.07, 6.45) is 12.7. The molecule has 4 rings (SSSR count). The fourth-order valence-corrected chi connectivity index (χ4v) is 7.00. The molecular weight excluding hydrogens is 604 g/mol. The van der Waals surface area contributed by atoms with Gasteiger partial charge in [-0.3, -0.25) is 9.59 Å². The van der Waals surface area contributed by atoms with E-state index in [1.54, 1.807) is 35.6 Å². The Bertz CT molecular complexity index is 1370. The smallest absolute Gasteiger partial charge is 0.220 e. The summed E-state index contributed by atoms with van der Waals surface area (Å²) in [4.78, 5) is 29.1. The molecule has 1 fully saturated rings. The second-order valence-electron chi connectivity index (χ2n) is 10.8. The van der Waals surface area contributed by atoms with Gasteiger partial charge in [0, 0.05) is 53.2 Å². The molecule has 41 heavy (non-hydrogen) atoms. The van der Waals surface area contributed by atoms with Crippen molar-refractivity contribution in [3.8, 4) is 5.75 Å². The number of aromatic amines is 1. The van der Waals surface area contributed by atoms with E-state index in [1.807, 2.05) is 31.3 Å². The Kier molecular flexibility index (Phi) is 11.4. The Morgan fingerprint density at radius 3 is 2.88 bits per heavy atom. The molecule has 1 aromatic carbocycles. The maximum Gasteiger partial charge on any atom is 0.220 e. The minimum absolute atomic E-state index is 0.00325. The highest BCUT2D eigenvalue weighted by molar-refractivity contribution is 9.11. The Hall–Kier alpha value is -2.72. The number of Topliss-reactive ketones (excluding diaryl/α,β-unsaturated/α-hetero) is 1. The number of aromatic nitrogens is 1. The van der Waals surface area contributed by atoms with Crippen molar-refractivity contribution < 1.29 is 24.9 Å². The Morgan fingerprint density at radius 2 is 2.10 bits per heavy atom. The largest absolute Gasteiger partial charge is 0.508 e. The first-order valence-electron chi connectivity index (χ1n) is 14.2. The van der Waals surface area contributed by atoms with Gasteiger partial charge in [-0.1, -0.05) is 24.3 Å². The van der Waals surface area contributed by atoms with Crippen LogP contribution in [0.15, 0.2) is 58.6 Å². The summed E-state index contributed by atoms with van der Waals surface area (Å²) in [5, 5.41) is 34.5. The number of rotatable bonds is 14. The van der Waals surface area contributed by atoms with E-state index in [0.717, 1.165) is 33.1 Å². The molecule has 7 nitrogen and oxygen atoms in total. The number of fused-ring (bicyclic) bond motifs is 1. The number of phenols is 1. The van der Waals surface area contributed by atoms with Crippen LogP contribution in [0, 0.1) is 18.8 Å². The first-order chi connectivity index (χ1) is 19.7. The van der Waals surface area contributed by atoms with Crippen LogP contribution >= 0.6 is 27.3 Å². The number of allylic oxidation sites excluding steroid dienone is 3. The van der Waals surface area contributed by atoms with Crippen LogP contribution < -0.4 is 5.32 Å². The third kappa shape index (κ3) is 8.88. The van der Waals surface area contributed by atoms with Crippen LogP contribution in [0.3, 0.4) is 0 Å². The summed E-state index contributed by atoms with van der Waals surface area (Å²) in [6, 6.07) is 7.33. The molecule has 5 N–H and O–H groups in total. The van der Waals surface area contributed by atoms with E-state index in [-0.39, 0.29) is 29.8 Å². The second kappa shape index (κ2) is 15.0. The van der Waals surface area contributed by atoms with Gasteiger partial charge < -0.3 is 25.6 Å². The molecule has 0 aliphatic heterocycles. The van der Waals surface area contributed by atoms with E-state index in [2.05, 4.69) is 32.3 Å². The highest BCUT2D eigenvalue weighted by Crippen LogP contribution is 2.34. The number of phenolic OH excluding ortho intramolecular Hbond substituents is 1. The van der Waals surface area contributed by atoms with Crippen molar-refractivity contribution in [1.29, 1.82) is 0 Å². The lowest BCUT2D eigenvalue weighted by atomic mass is 9.90. The van der Waals surface area contributed by atoms with Gasteiger partial charge in [-0.15, -0.1) is 11.3 Å². The maximum atomic E-state index is 12.5. The number of carbonyl (C=O) groups excluding carboxylic acids is 2. The predicted octanol–water partition coefficient (Wildman–Crippen LogP) is 5.90. The van der Waals surface area contributed by atoms with Gasteiger partial charge in [0.15, 0.2) is 0 Å². The van der Waals surface area contributed by atoms with E-state index < -0.39 is 18.1 Å². The number of aliphatic hydroxyl groups is 2. The maximum absolute atomic E-state index is 12.5. The first-order valence-corrected chi connectivity index (χ1v) is 15.8. The minimum atomic E-state index is -0.683. The Morgan fingerprint density at radius 1 is 1.27 bits per heavy atom. The highest BCUT2D eigenvalue weighted by atomic mass is 79.9. The lowest BCUT2D eigenvalue weighted by Gasteiger charge is -2.17. The molecule has 1 aliphatic rings. The van der Waals surface area contributed by atoms with Crippen LogP contribution in [-0.4, -0.2) is 50.7 Å². The molecule has 0 spiro atoms. The van der Waals surface area contributed by atoms with Gasteiger partial charge in [0.25, 0.3) is 0 Å². The van der Waals surface area contributed by atoms with E-state index in [0.29, 0.717) is 38.6 Å². The number of hydrogen-bond acceptors (Lipinski definition) is 6. The monoisotopic (exact) mass is 642 g/mol. The van der Waals surface area contributed by atoms with Crippen LogP contribution in [0.4, 0.5) is 0 Å². The molecule has 0 saturated heterocycles. The molecule has 0 bridgehead atoms. The third-order valence-electron chi connectivity index (χ3n) is 7.69. The molecular formula is C32H39BrN2O5S. The molecule has 2 aromatic heterocycles. The number of benzene rings is 1. The summed E-state index contributed by atoms with van der Waals surface area (Å²) in [5.74, 6) is -0.358. The number of aromatic hydroxyl groups is 1. The molecule has 1 aliphatic carbocycles. The molecule has 1 saturated carbocycles. The van der Waals surface area contributed by atoms with Gasteiger partial charge in [0.1, 0.15) is 11.5 Å². The molecule has 4 atom stereocenters. The van der Waals surface area contributed by atoms with Crippen molar-refractivity contribution in [1.82, 2.24) is 10.3 Å². The van der Waals surface area contributed by atoms with Crippen LogP contribution in [0.5, 0.6) is 5.75 Å². The standard InChI is InChI=1S/C32H39BrN2O5S/c1-20-16-24(41-32(20)33)11-8-22(36)9-12-26-25(29(38)18-30(26)39)6-4-2-3-5-7-31(40)34-15-14-21-19-35-28-13-10-23(37)17-27(21)28/h2,4,9-10,12-13,16-17,19,22,25-26,29,35-38H,3,5-8,11,14-15,18H2,1H3,(H,34,40)/b4-2-,12-9+/t22-,25+,26+,29-/m0/s1. The number of H-pyrrole nitrogens is 1. The molecule has 0 unspecified atom stereocenters. The first kappa shape index (κ1) is 31.2. The number of carbonyl (C=O) groups is 2. The average Bonchev–Trinajstić information content (AvgIpc) is 3.57. The quantitative estimate of drug-likeness (QED) is 0.111. The summed E-state index contributed by atoms with van der Waals surface area (Å²) < 4.78 is 1.11. The van der Waals surface area contributed by atoms with Gasteiger partial charge in [-0.25, -0.2) is 0 Å². The SMILES string of the molecule is Cc1cc(CC[C@H](O)/C=C/[C@H]2C(=O)C[C@H](O)[C@@H]2C/C=C\CCCC(=O)NCCc2c[nH]c3ccc(O)cc23)sc1Br. The van der Waals surface area contributed by atoms with E-state index in [1.165, 1.54) is 10.4 Å². The van der Waals surface area contributed by atoms with Crippen molar-refractivity contribution in [3.63, 3.8) is 0 Å². The fourth-order valence-electron chi connectivity index (χ4n) is 5.36. The van der Waals surface area contributed by atoms with Crippen molar-refractivity contribution in [2.75, 3.05) is 6.54 Å². The van der Waals surface area contributed by atoms with Gasteiger partial charge in [-0.2, -0.15) is 0 Å². The number of aliphatic hydroxyl groups excluding tert-OH is 2. The molecule has 9 heteroatoms. The second-order valence-corrected chi connectivity index (χ2v) is 13.3. The molecule has 220 valence electrons. The van der Waals surface area contributed by atoms with Gasteiger partial charge in [0.2, 0.25) is 5.91 Å². The third-order valence-corrected chi connectivity index (χ3v) is 9.89. The number of halogens is 1. The van der Waals surface area contributed by atoms with Crippen LogP contribution in [-0.2, 0) is 22.4 Å². The van der Waals surface area contributed by atoms with Crippen LogP contribution in [0.1, 0.15) is 54.5 Å². The van der Waals surface area contributed by atoms with Crippen LogP contribution in [0.25, 0.3) is 10.9 Å². The fraction of sp³-hybridized carbons (Fsp3) is 0.438. The molecule has 3 aromatic rings. The number of hydrogen-bond donors (Lipinski definition) is 5.